The number of benzene rings is 1. The molecule has 0 aliphatic carbocycles. The molecule has 1 aromatic rings. The van der Waals surface area contributed by atoms with Gasteiger partial charge in [-0.1, -0.05) is 13.0 Å². The number of rotatable bonds is 6. The number of ether oxygens (including phenoxy) is 2. The van der Waals surface area contributed by atoms with Crippen molar-refractivity contribution in [3.05, 3.63) is 29.6 Å². The van der Waals surface area contributed by atoms with Gasteiger partial charge in [-0.25, -0.2) is 4.39 Å². The van der Waals surface area contributed by atoms with Gasteiger partial charge in [0.1, 0.15) is 0 Å². The Hall–Kier alpha value is -1.13. The van der Waals surface area contributed by atoms with Crippen LogP contribution in [0.4, 0.5) is 4.39 Å². The molecule has 0 aromatic heterocycles. The summed E-state index contributed by atoms with van der Waals surface area (Å²) in [6.07, 6.45) is -0.139. The molecule has 1 rings (SSSR count). The second-order valence-corrected chi connectivity index (χ2v) is 4.21. The largest absolute Gasteiger partial charge is 0.494 e. The Morgan fingerprint density at radius 3 is 2.59 bits per heavy atom. The van der Waals surface area contributed by atoms with E-state index in [1.54, 1.807) is 13.2 Å². The molecule has 3 nitrogen and oxygen atoms in total. The van der Waals surface area contributed by atoms with E-state index < -0.39 is 11.9 Å². The molecule has 0 spiro atoms. The molecule has 0 amide bonds. The highest BCUT2D eigenvalue weighted by molar-refractivity contribution is 5.30. The predicted octanol–water partition coefficient (Wildman–Crippen LogP) is 2.54. The molecule has 0 aliphatic rings. The van der Waals surface area contributed by atoms with Crippen molar-refractivity contribution in [1.82, 2.24) is 0 Å². The average molecular weight is 242 g/mol. The Labute approximate surface area is 101 Å². The Morgan fingerprint density at radius 1 is 1.35 bits per heavy atom. The number of aliphatic hydroxyl groups is 1. The second kappa shape index (κ2) is 6.57. The molecule has 0 aliphatic heterocycles. The van der Waals surface area contributed by atoms with E-state index in [0.29, 0.717) is 18.6 Å². The van der Waals surface area contributed by atoms with Crippen LogP contribution in [0.3, 0.4) is 0 Å². The van der Waals surface area contributed by atoms with Crippen molar-refractivity contribution in [1.29, 1.82) is 0 Å². The minimum absolute atomic E-state index is 0.186. The van der Waals surface area contributed by atoms with Gasteiger partial charge in [0.05, 0.1) is 13.2 Å². The molecule has 1 aromatic carbocycles. The summed E-state index contributed by atoms with van der Waals surface area (Å²) in [5.74, 6) is -0.0468. The summed E-state index contributed by atoms with van der Waals surface area (Å²) in [4.78, 5) is 0. The fraction of sp³-hybridized carbons (Fsp3) is 0.538. The Kier molecular flexibility index (Phi) is 5.38. The number of methoxy groups -OCH3 is 2. The van der Waals surface area contributed by atoms with E-state index in [-0.39, 0.29) is 11.7 Å². The smallest absolute Gasteiger partial charge is 0.165 e. The maximum absolute atomic E-state index is 13.4. The van der Waals surface area contributed by atoms with Gasteiger partial charge < -0.3 is 14.6 Å². The summed E-state index contributed by atoms with van der Waals surface area (Å²) in [5.41, 5.74) is 0.561. The second-order valence-electron chi connectivity index (χ2n) is 4.21. The molecule has 0 heterocycles. The Balaban J connectivity index is 2.69. The lowest BCUT2D eigenvalue weighted by atomic mass is 9.98. The summed E-state index contributed by atoms with van der Waals surface area (Å²) >= 11 is 0. The minimum Gasteiger partial charge on any atom is -0.494 e. The molecule has 0 bridgehead atoms. The molecule has 1 N–H and O–H groups in total. The highest BCUT2D eigenvalue weighted by atomic mass is 19.1. The van der Waals surface area contributed by atoms with Crippen LogP contribution in [0.5, 0.6) is 5.75 Å². The highest BCUT2D eigenvalue weighted by Crippen LogP contribution is 2.25. The third-order valence-corrected chi connectivity index (χ3v) is 2.64. The van der Waals surface area contributed by atoms with Crippen molar-refractivity contribution in [2.75, 3.05) is 20.8 Å². The van der Waals surface area contributed by atoms with Crippen molar-refractivity contribution < 1.29 is 19.0 Å². The molecule has 96 valence electrons. The third kappa shape index (κ3) is 3.98. The monoisotopic (exact) mass is 242 g/mol. The van der Waals surface area contributed by atoms with Crippen LogP contribution >= 0.6 is 0 Å². The summed E-state index contributed by atoms with van der Waals surface area (Å²) in [6, 6.07) is 4.50. The molecular weight excluding hydrogens is 223 g/mol. The number of aliphatic hydroxyl groups excluding tert-OH is 1. The lowest BCUT2D eigenvalue weighted by molar-refractivity contribution is 0.101. The normalized spacial score (nSPS) is 14.4. The van der Waals surface area contributed by atoms with Crippen molar-refractivity contribution >= 4 is 0 Å². The first-order valence-corrected chi connectivity index (χ1v) is 5.59. The van der Waals surface area contributed by atoms with Gasteiger partial charge in [0.2, 0.25) is 0 Å². The van der Waals surface area contributed by atoms with Crippen LogP contribution in [0.25, 0.3) is 0 Å². The van der Waals surface area contributed by atoms with Crippen LogP contribution in [0.15, 0.2) is 18.2 Å². The van der Waals surface area contributed by atoms with Crippen LogP contribution < -0.4 is 4.74 Å². The first kappa shape index (κ1) is 13.9. The quantitative estimate of drug-likeness (QED) is 0.833. The van der Waals surface area contributed by atoms with Crippen molar-refractivity contribution in [2.24, 2.45) is 5.92 Å². The van der Waals surface area contributed by atoms with Gasteiger partial charge in [-0.05, 0) is 30.0 Å². The van der Waals surface area contributed by atoms with Gasteiger partial charge in [-0.3, -0.25) is 0 Å². The molecule has 0 fully saturated rings. The van der Waals surface area contributed by atoms with E-state index in [1.807, 2.05) is 6.92 Å². The van der Waals surface area contributed by atoms with Gasteiger partial charge in [-0.2, -0.15) is 0 Å². The molecule has 2 unspecified atom stereocenters. The van der Waals surface area contributed by atoms with Crippen LogP contribution in [0.1, 0.15) is 25.0 Å². The summed E-state index contributed by atoms with van der Waals surface area (Å²) in [7, 11) is 3.03. The van der Waals surface area contributed by atoms with Crippen molar-refractivity contribution in [2.45, 2.75) is 19.4 Å². The zero-order valence-corrected chi connectivity index (χ0v) is 10.4. The van der Waals surface area contributed by atoms with Crippen LogP contribution in [-0.2, 0) is 4.74 Å². The summed E-state index contributed by atoms with van der Waals surface area (Å²) in [6.45, 7) is 2.56. The lowest BCUT2D eigenvalue weighted by Crippen LogP contribution is -2.09. The van der Waals surface area contributed by atoms with Crippen molar-refractivity contribution in [3.63, 3.8) is 0 Å². The SMILES string of the molecule is COCC(C)CC(O)c1ccc(OC)c(F)c1. The summed E-state index contributed by atoms with van der Waals surface area (Å²) in [5, 5.41) is 9.94. The lowest BCUT2D eigenvalue weighted by Gasteiger charge is -2.16. The minimum atomic E-state index is -0.680. The maximum atomic E-state index is 13.4. The first-order chi connectivity index (χ1) is 8.08. The fourth-order valence-electron chi connectivity index (χ4n) is 1.76. The van der Waals surface area contributed by atoms with Crippen LogP contribution in [-0.4, -0.2) is 25.9 Å². The zero-order chi connectivity index (χ0) is 12.8. The molecule has 0 radical (unpaired) electrons. The van der Waals surface area contributed by atoms with Crippen molar-refractivity contribution in [3.8, 4) is 5.75 Å². The highest BCUT2D eigenvalue weighted by Gasteiger charge is 2.14. The Bertz CT molecular complexity index is 355. The van der Waals surface area contributed by atoms with E-state index in [1.165, 1.54) is 19.2 Å². The van der Waals surface area contributed by atoms with Gasteiger partial charge in [0.15, 0.2) is 11.6 Å². The molecule has 0 saturated carbocycles. The topological polar surface area (TPSA) is 38.7 Å². The van der Waals surface area contributed by atoms with E-state index in [4.69, 9.17) is 9.47 Å². The van der Waals surface area contributed by atoms with E-state index in [0.717, 1.165) is 0 Å². The van der Waals surface area contributed by atoms with Gasteiger partial charge >= 0.3 is 0 Å². The number of hydrogen-bond acceptors (Lipinski definition) is 3. The molecule has 2 atom stereocenters. The predicted molar refractivity (Wildman–Crippen MR) is 63.6 cm³/mol. The Morgan fingerprint density at radius 2 is 2.06 bits per heavy atom. The van der Waals surface area contributed by atoms with Crippen LogP contribution in [0.2, 0.25) is 0 Å². The number of hydrogen-bond donors (Lipinski definition) is 1. The van der Waals surface area contributed by atoms with Gasteiger partial charge in [0.25, 0.3) is 0 Å². The van der Waals surface area contributed by atoms with Gasteiger partial charge in [0, 0.05) is 13.7 Å². The van der Waals surface area contributed by atoms with E-state index >= 15 is 0 Å². The van der Waals surface area contributed by atoms with Gasteiger partial charge in [-0.15, -0.1) is 0 Å². The fourth-order valence-corrected chi connectivity index (χ4v) is 1.76. The molecule has 0 saturated heterocycles. The average Bonchev–Trinajstić information content (AvgIpc) is 2.29. The van der Waals surface area contributed by atoms with Crippen LogP contribution in [0, 0.1) is 11.7 Å². The maximum Gasteiger partial charge on any atom is 0.165 e. The first-order valence-electron chi connectivity index (χ1n) is 5.59. The number of halogens is 1. The third-order valence-electron chi connectivity index (χ3n) is 2.64. The van der Waals surface area contributed by atoms with E-state index in [9.17, 15) is 9.50 Å². The summed E-state index contributed by atoms with van der Waals surface area (Å²) < 4.78 is 23.3. The standard InChI is InChI=1S/C13H19FO3/c1-9(8-16-2)6-12(15)10-4-5-13(17-3)11(14)7-10/h4-5,7,9,12,15H,6,8H2,1-3H3. The van der Waals surface area contributed by atoms with E-state index in [2.05, 4.69) is 0 Å². The molecule has 17 heavy (non-hydrogen) atoms. The zero-order valence-electron chi connectivity index (χ0n) is 10.4. The molecular formula is C13H19FO3. The molecule has 4 heteroatoms.